The molecule has 2 N–H and O–H groups in total. The van der Waals surface area contributed by atoms with Gasteiger partial charge < -0.3 is 19.9 Å². The summed E-state index contributed by atoms with van der Waals surface area (Å²) in [5.41, 5.74) is 1.56. The molecule has 1 fully saturated rings. The predicted molar refractivity (Wildman–Crippen MR) is 116 cm³/mol. The van der Waals surface area contributed by atoms with E-state index in [1.165, 1.54) is 16.7 Å². The van der Waals surface area contributed by atoms with Gasteiger partial charge in [-0.05, 0) is 23.8 Å². The molecular formula is C23H20N2O6S. The second-order valence-corrected chi connectivity index (χ2v) is 8.76. The Kier molecular flexibility index (Phi) is 5.26. The summed E-state index contributed by atoms with van der Waals surface area (Å²) in [6.45, 7) is -0.230. The van der Waals surface area contributed by atoms with Crippen LogP contribution in [0.2, 0.25) is 0 Å². The maximum atomic E-state index is 12.8. The first-order valence-corrected chi connectivity index (χ1v) is 11.2. The lowest BCUT2D eigenvalue weighted by atomic mass is 9.98. The van der Waals surface area contributed by atoms with Crippen LogP contribution >= 0.6 is 11.8 Å². The highest BCUT2D eigenvalue weighted by Gasteiger charge is 2.55. The third-order valence-electron chi connectivity index (χ3n) is 5.67. The Balaban J connectivity index is 1.28. The van der Waals surface area contributed by atoms with E-state index in [1.807, 2.05) is 30.3 Å². The molecular weight excluding hydrogens is 432 g/mol. The highest BCUT2D eigenvalue weighted by molar-refractivity contribution is 8.00. The second kappa shape index (κ2) is 8.23. The summed E-state index contributed by atoms with van der Waals surface area (Å²) in [6, 6.07) is 15.7. The van der Waals surface area contributed by atoms with Crippen molar-refractivity contribution in [1.29, 1.82) is 0 Å². The molecule has 3 aliphatic rings. The maximum absolute atomic E-state index is 12.8. The van der Waals surface area contributed by atoms with Gasteiger partial charge in [-0.25, -0.2) is 4.79 Å². The van der Waals surface area contributed by atoms with Crippen molar-refractivity contribution < 1.29 is 29.0 Å². The van der Waals surface area contributed by atoms with Gasteiger partial charge in [0, 0.05) is 17.7 Å². The number of para-hydroxylation sites is 2. The number of rotatable bonds is 6. The normalized spacial score (nSPS) is 23.6. The first kappa shape index (κ1) is 20.4. The number of aliphatic carboxylic acids is 1. The minimum absolute atomic E-state index is 0.0393. The summed E-state index contributed by atoms with van der Waals surface area (Å²) in [4.78, 5) is 38.5. The van der Waals surface area contributed by atoms with Crippen LogP contribution in [0.25, 0.3) is 0 Å². The predicted octanol–water partition coefficient (Wildman–Crippen LogP) is 1.81. The van der Waals surface area contributed by atoms with Crippen LogP contribution < -0.4 is 14.8 Å². The summed E-state index contributed by atoms with van der Waals surface area (Å²) >= 11 is 1.42. The number of nitrogens with zero attached hydrogens (tertiary/aromatic N) is 1. The topological polar surface area (TPSA) is 105 Å². The lowest BCUT2D eigenvalue weighted by molar-refractivity contribution is -0.151. The molecule has 3 heterocycles. The average molecular weight is 452 g/mol. The summed E-state index contributed by atoms with van der Waals surface area (Å²) < 4.78 is 11.4. The zero-order valence-corrected chi connectivity index (χ0v) is 17.7. The third-order valence-corrected chi connectivity index (χ3v) is 6.97. The molecule has 0 radical (unpaired) electrons. The largest absolute Gasteiger partial charge is 0.485 e. The van der Waals surface area contributed by atoms with Gasteiger partial charge in [0.15, 0.2) is 6.61 Å². The van der Waals surface area contributed by atoms with Crippen molar-refractivity contribution in [3.63, 3.8) is 0 Å². The van der Waals surface area contributed by atoms with Gasteiger partial charge in [0.25, 0.3) is 11.8 Å². The summed E-state index contributed by atoms with van der Waals surface area (Å²) in [5, 5.41) is 12.1. The van der Waals surface area contributed by atoms with E-state index in [2.05, 4.69) is 5.32 Å². The van der Waals surface area contributed by atoms with Gasteiger partial charge >= 0.3 is 5.97 Å². The van der Waals surface area contributed by atoms with E-state index in [9.17, 15) is 19.5 Å². The van der Waals surface area contributed by atoms with Crippen LogP contribution in [0.4, 0.5) is 0 Å². The van der Waals surface area contributed by atoms with E-state index in [-0.39, 0.29) is 12.3 Å². The minimum atomic E-state index is -1.17. The number of benzene rings is 2. The van der Waals surface area contributed by atoms with Gasteiger partial charge in [0.2, 0.25) is 0 Å². The summed E-state index contributed by atoms with van der Waals surface area (Å²) in [5.74, 6) is -0.360. The number of hydrogen-bond donors (Lipinski definition) is 2. The SMILES string of the molecule is O=C(COc1ccccc1)N[C@@H]1C(=O)N2C(C(=O)O)=C(C3Cc4ccccc4O3)CS[C@H]12. The summed E-state index contributed by atoms with van der Waals surface area (Å²) in [7, 11) is 0. The molecule has 0 bridgehead atoms. The van der Waals surface area contributed by atoms with Crippen molar-refractivity contribution >= 4 is 29.5 Å². The van der Waals surface area contributed by atoms with Crippen LogP contribution in [0.3, 0.4) is 0 Å². The van der Waals surface area contributed by atoms with Gasteiger partial charge in [-0.1, -0.05) is 36.4 Å². The first-order valence-electron chi connectivity index (χ1n) is 10.2. The molecule has 164 valence electrons. The maximum Gasteiger partial charge on any atom is 0.352 e. The number of carbonyl (C=O) groups is 3. The van der Waals surface area contributed by atoms with Crippen molar-refractivity contribution in [1.82, 2.24) is 10.2 Å². The van der Waals surface area contributed by atoms with Gasteiger partial charge in [-0.2, -0.15) is 0 Å². The number of thioether (sulfide) groups is 1. The van der Waals surface area contributed by atoms with E-state index >= 15 is 0 Å². The van der Waals surface area contributed by atoms with Crippen LogP contribution in [0.1, 0.15) is 5.56 Å². The van der Waals surface area contributed by atoms with Crippen LogP contribution in [0.5, 0.6) is 11.5 Å². The van der Waals surface area contributed by atoms with Gasteiger partial charge in [0.1, 0.15) is 34.7 Å². The van der Waals surface area contributed by atoms with E-state index in [4.69, 9.17) is 9.47 Å². The van der Waals surface area contributed by atoms with Crippen LogP contribution in [-0.4, -0.2) is 57.7 Å². The highest BCUT2D eigenvalue weighted by atomic mass is 32.2. The lowest BCUT2D eigenvalue weighted by Gasteiger charge is -2.49. The van der Waals surface area contributed by atoms with Crippen molar-refractivity contribution in [2.24, 2.45) is 0 Å². The molecule has 5 rings (SSSR count). The summed E-state index contributed by atoms with van der Waals surface area (Å²) in [6.07, 6.45) is 0.139. The number of ether oxygens (including phenoxy) is 2. The van der Waals surface area contributed by atoms with Gasteiger partial charge in [-0.15, -0.1) is 11.8 Å². The number of nitrogens with one attached hydrogen (secondary N) is 1. The molecule has 1 saturated heterocycles. The smallest absolute Gasteiger partial charge is 0.352 e. The Labute approximate surface area is 188 Å². The second-order valence-electron chi connectivity index (χ2n) is 7.65. The Morgan fingerprint density at radius 2 is 1.91 bits per heavy atom. The Morgan fingerprint density at radius 3 is 2.66 bits per heavy atom. The fourth-order valence-electron chi connectivity index (χ4n) is 4.15. The lowest BCUT2D eigenvalue weighted by Crippen LogP contribution is -2.71. The fourth-order valence-corrected chi connectivity index (χ4v) is 5.55. The van der Waals surface area contributed by atoms with Crippen LogP contribution in [0.15, 0.2) is 65.9 Å². The molecule has 0 aliphatic carbocycles. The number of carboxylic acid groups (broad SMARTS) is 1. The van der Waals surface area contributed by atoms with Crippen molar-refractivity contribution in [2.45, 2.75) is 23.9 Å². The van der Waals surface area contributed by atoms with E-state index < -0.39 is 35.3 Å². The van der Waals surface area contributed by atoms with E-state index in [1.54, 1.807) is 24.3 Å². The molecule has 2 amide bonds. The number of fused-ring (bicyclic) bond motifs is 2. The Morgan fingerprint density at radius 1 is 1.16 bits per heavy atom. The Bertz CT molecular complexity index is 1090. The number of β-lactam (4-membered cyclic amide) rings is 1. The zero-order chi connectivity index (χ0) is 22.2. The van der Waals surface area contributed by atoms with Crippen molar-refractivity contribution in [3.8, 4) is 11.5 Å². The van der Waals surface area contributed by atoms with E-state index in [0.717, 1.165) is 11.3 Å². The van der Waals surface area contributed by atoms with E-state index in [0.29, 0.717) is 23.5 Å². The van der Waals surface area contributed by atoms with Gasteiger partial charge in [0.05, 0.1) is 0 Å². The van der Waals surface area contributed by atoms with Crippen LogP contribution in [-0.2, 0) is 20.8 Å². The molecule has 1 unspecified atom stereocenters. The zero-order valence-electron chi connectivity index (χ0n) is 16.9. The van der Waals surface area contributed by atoms with Crippen molar-refractivity contribution in [3.05, 3.63) is 71.4 Å². The average Bonchev–Trinajstić information content (AvgIpc) is 3.25. The standard InChI is InChI=1S/C23H20N2O6S/c26-18(11-30-14-7-2-1-3-8-14)24-19-21(27)25-20(23(28)29)15(12-32-22(19)25)17-10-13-6-4-5-9-16(13)31-17/h1-9,17,19,22H,10-12H2,(H,24,26)(H,28,29)/t17?,19-,22-/m1/s1. The van der Waals surface area contributed by atoms with Crippen LogP contribution in [0, 0.1) is 0 Å². The number of hydrogen-bond acceptors (Lipinski definition) is 6. The molecule has 8 nitrogen and oxygen atoms in total. The molecule has 3 atom stereocenters. The number of carbonyl (C=O) groups excluding carboxylic acids is 2. The quantitative estimate of drug-likeness (QED) is 0.644. The monoisotopic (exact) mass is 452 g/mol. The Hall–Kier alpha value is -3.46. The molecule has 2 aromatic rings. The van der Waals surface area contributed by atoms with Crippen molar-refractivity contribution in [2.75, 3.05) is 12.4 Å². The highest BCUT2D eigenvalue weighted by Crippen LogP contribution is 2.43. The molecule has 0 aromatic heterocycles. The molecule has 0 saturated carbocycles. The molecule has 0 spiro atoms. The fraction of sp³-hybridized carbons (Fsp3) is 0.261. The minimum Gasteiger partial charge on any atom is -0.485 e. The number of amides is 2. The molecule has 9 heteroatoms. The first-order chi connectivity index (χ1) is 15.5. The molecule has 3 aliphatic heterocycles. The molecule has 2 aromatic carbocycles. The van der Waals surface area contributed by atoms with Gasteiger partial charge in [-0.3, -0.25) is 14.5 Å². The third kappa shape index (κ3) is 3.58. The number of carboxylic acids is 1. The molecule has 32 heavy (non-hydrogen) atoms.